The van der Waals surface area contributed by atoms with E-state index in [1.807, 2.05) is 12.1 Å². The summed E-state index contributed by atoms with van der Waals surface area (Å²) in [6.07, 6.45) is 1.63. The molecule has 1 aliphatic rings. The van der Waals surface area contributed by atoms with E-state index in [1.54, 1.807) is 42.5 Å². The van der Waals surface area contributed by atoms with E-state index in [9.17, 15) is 9.59 Å². The lowest BCUT2D eigenvalue weighted by atomic mass is 10.2. The van der Waals surface area contributed by atoms with Crippen LogP contribution in [0.4, 0.5) is 10.5 Å². The first-order chi connectivity index (χ1) is 11.6. The summed E-state index contributed by atoms with van der Waals surface area (Å²) in [5, 5.41) is 3.71. The lowest BCUT2D eigenvalue weighted by Crippen LogP contribution is -2.33. The summed E-state index contributed by atoms with van der Waals surface area (Å²) < 4.78 is 0. The Hall–Kier alpha value is -1.95. The van der Waals surface area contributed by atoms with E-state index in [2.05, 4.69) is 5.32 Å². The van der Waals surface area contributed by atoms with Gasteiger partial charge in [-0.25, -0.2) is 0 Å². The van der Waals surface area contributed by atoms with Gasteiger partial charge in [-0.1, -0.05) is 53.5 Å². The summed E-state index contributed by atoms with van der Waals surface area (Å²) in [6.45, 7) is 0.0499. The van der Waals surface area contributed by atoms with Crippen LogP contribution in [0.15, 0.2) is 53.4 Å². The van der Waals surface area contributed by atoms with Gasteiger partial charge < -0.3 is 5.32 Å². The number of halogens is 2. The summed E-state index contributed by atoms with van der Waals surface area (Å²) in [5.74, 6) is -0.357. The molecule has 1 fully saturated rings. The Balaban J connectivity index is 1.75. The normalized spacial score (nSPS) is 16.1. The van der Waals surface area contributed by atoms with Crippen molar-refractivity contribution in [1.29, 1.82) is 0 Å². The Kier molecular flexibility index (Phi) is 5.14. The van der Waals surface area contributed by atoms with Gasteiger partial charge in [0.2, 0.25) is 0 Å². The van der Waals surface area contributed by atoms with Gasteiger partial charge >= 0.3 is 0 Å². The second-order valence-corrected chi connectivity index (χ2v) is 6.75. The molecule has 0 atom stereocenters. The van der Waals surface area contributed by atoms with Gasteiger partial charge in [0.15, 0.2) is 0 Å². The third-order valence-electron chi connectivity index (χ3n) is 3.37. The number of amides is 2. The highest BCUT2D eigenvalue weighted by Crippen LogP contribution is 2.33. The van der Waals surface area contributed by atoms with Gasteiger partial charge in [0.25, 0.3) is 11.1 Å². The molecule has 0 radical (unpaired) electrons. The predicted molar refractivity (Wildman–Crippen MR) is 99.2 cm³/mol. The van der Waals surface area contributed by atoms with E-state index < -0.39 is 0 Å². The van der Waals surface area contributed by atoms with Crippen LogP contribution in [-0.2, 0) is 4.79 Å². The number of nitrogens with zero attached hydrogens (tertiary/aromatic N) is 1. The average Bonchev–Trinajstić information content (AvgIpc) is 2.83. The fourth-order valence-corrected chi connectivity index (χ4v) is 3.36. The van der Waals surface area contributed by atoms with Gasteiger partial charge in [0, 0.05) is 5.02 Å². The number of hydrogen-bond acceptors (Lipinski definition) is 4. The Bertz CT molecular complexity index is 839. The summed E-state index contributed by atoms with van der Waals surface area (Å²) in [6, 6.07) is 14.3. The van der Waals surface area contributed by atoms with Crippen LogP contribution in [0.1, 0.15) is 5.56 Å². The molecule has 0 saturated carbocycles. The molecule has 0 aromatic heterocycles. The first kappa shape index (κ1) is 16.9. The van der Waals surface area contributed by atoms with Gasteiger partial charge in [-0.05, 0) is 41.6 Å². The fourth-order valence-electron chi connectivity index (χ4n) is 2.14. The fraction of sp³-hybridized carbons (Fsp3) is 0.0588. The van der Waals surface area contributed by atoms with Crippen molar-refractivity contribution in [3.8, 4) is 0 Å². The Morgan fingerprint density at radius 2 is 1.67 bits per heavy atom. The van der Waals surface area contributed by atoms with Crippen molar-refractivity contribution in [3.63, 3.8) is 0 Å². The maximum absolute atomic E-state index is 12.4. The number of nitrogens with one attached hydrogen (secondary N) is 1. The van der Waals surface area contributed by atoms with Crippen LogP contribution in [0.25, 0.3) is 6.08 Å². The maximum atomic E-state index is 12.4. The second-order valence-electron chi connectivity index (χ2n) is 4.95. The molecule has 2 amide bonds. The van der Waals surface area contributed by atoms with E-state index >= 15 is 0 Å². The highest BCUT2D eigenvalue weighted by atomic mass is 35.5. The molecule has 4 nitrogen and oxygen atoms in total. The lowest BCUT2D eigenvalue weighted by Gasteiger charge is -2.15. The van der Waals surface area contributed by atoms with Crippen molar-refractivity contribution in [2.45, 2.75) is 0 Å². The molecule has 3 rings (SSSR count). The molecule has 2 aromatic rings. The molecular weight excluding hydrogens is 367 g/mol. The van der Waals surface area contributed by atoms with Crippen LogP contribution in [0.5, 0.6) is 0 Å². The largest absolute Gasteiger partial charge is 0.366 e. The number of carbonyl (C=O) groups excluding carboxylic acids is 2. The summed E-state index contributed by atoms with van der Waals surface area (Å²) in [5.41, 5.74) is 1.36. The van der Waals surface area contributed by atoms with Crippen LogP contribution < -0.4 is 5.32 Å². The van der Waals surface area contributed by atoms with Gasteiger partial charge in [0.1, 0.15) is 0 Å². The van der Waals surface area contributed by atoms with Gasteiger partial charge in [0.05, 0.1) is 22.3 Å². The minimum atomic E-state index is -0.357. The van der Waals surface area contributed by atoms with E-state index in [0.29, 0.717) is 26.2 Å². The first-order valence-electron chi connectivity index (χ1n) is 7.04. The van der Waals surface area contributed by atoms with Crippen molar-refractivity contribution < 1.29 is 9.59 Å². The predicted octanol–water partition coefficient (Wildman–Crippen LogP) is 5.10. The van der Waals surface area contributed by atoms with Crippen LogP contribution in [0.2, 0.25) is 10.0 Å². The van der Waals surface area contributed by atoms with E-state index in [1.165, 1.54) is 0 Å². The van der Waals surface area contributed by atoms with Crippen LogP contribution in [-0.4, -0.2) is 22.7 Å². The van der Waals surface area contributed by atoms with Gasteiger partial charge in [-0.2, -0.15) is 0 Å². The molecule has 2 aromatic carbocycles. The van der Waals surface area contributed by atoms with Crippen LogP contribution in [0, 0.1) is 0 Å². The highest BCUT2D eigenvalue weighted by Gasteiger charge is 2.34. The van der Waals surface area contributed by atoms with Gasteiger partial charge in [-0.3, -0.25) is 14.5 Å². The number of anilines is 1. The Morgan fingerprint density at radius 3 is 2.38 bits per heavy atom. The summed E-state index contributed by atoms with van der Waals surface area (Å²) >= 11 is 13.0. The molecule has 0 unspecified atom stereocenters. The molecule has 24 heavy (non-hydrogen) atoms. The SMILES string of the molecule is O=C1S/C(=C\c2ccccc2Cl)C(=O)N1CNc1ccccc1Cl. The molecule has 1 heterocycles. The molecule has 0 bridgehead atoms. The van der Waals surface area contributed by atoms with Crippen molar-refractivity contribution in [2.24, 2.45) is 0 Å². The standard InChI is InChI=1S/C17H12Cl2N2O2S/c18-12-6-2-1-5-11(12)9-15-16(22)21(17(23)24-15)10-20-14-8-4-3-7-13(14)19/h1-9,20H,10H2/b15-9-. The minimum Gasteiger partial charge on any atom is -0.366 e. The number of para-hydroxylation sites is 1. The summed E-state index contributed by atoms with van der Waals surface area (Å²) in [4.78, 5) is 26.0. The zero-order chi connectivity index (χ0) is 17.1. The number of benzene rings is 2. The quantitative estimate of drug-likeness (QED) is 0.751. The number of imide groups is 1. The number of hydrogen-bond donors (Lipinski definition) is 1. The molecule has 122 valence electrons. The molecular formula is C17H12Cl2N2O2S. The van der Waals surface area contributed by atoms with Crippen molar-refractivity contribution in [2.75, 3.05) is 12.0 Å². The smallest absolute Gasteiger partial charge is 0.295 e. The lowest BCUT2D eigenvalue weighted by molar-refractivity contribution is -0.122. The molecule has 0 aliphatic carbocycles. The first-order valence-corrected chi connectivity index (χ1v) is 8.62. The van der Waals surface area contributed by atoms with Crippen LogP contribution >= 0.6 is 35.0 Å². The average molecular weight is 379 g/mol. The molecule has 1 aliphatic heterocycles. The topological polar surface area (TPSA) is 49.4 Å². The van der Waals surface area contributed by atoms with E-state index in [-0.39, 0.29) is 17.8 Å². The Labute approximate surface area is 153 Å². The highest BCUT2D eigenvalue weighted by molar-refractivity contribution is 8.18. The molecule has 7 heteroatoms. The molecule has 0 spiro atoms. The number of carbonyl (C=O) groups is 2. The second kappa shape index (κ2) is 7.30. The third-order valence-corrected chi connectivity index (χ3v) is 4.95. The van der Waals surface area contributed by atoms with Crippen molar-refractivity contribution >= 4 is 57.9 Å². The maximum Gasteiger partial charge on any atom is 0.295 e. The van der Waals surface area contributed by atoms with Crippen molar-refractivity contribution in [3.05, 3.63) is 69.0 Å². The van der Waals surface area contributed by atoms with Crippen LogP contribution in [0.3, 0.4) is 0 Å². The number of thioether (sulfide) groups is 1. The molecule has 1 saturated heterocycles. The zero-order valence-electron chi connectivity index (χ0n) is 12.3. The third kappa shape index (κ3) is 3.59. The zero-order valence-corrected chi connectivity index (χ0v) is 14.7. The molecule has 1 N–H and O–H groups in total. The van der Waals surface area contributed by atoms with Crippen molar-refractivity contribution in [1.82, 2.24) is 4.90 Å². The summed E-state index contributed by atoms with van der Waals surface area (Å²) in [7, 11) is 0. The minimum absolute atomic E-state index is 0.0499. The van der Waals surface area contributed by atoms with E-state index in [4.69, 9.17) is 23.2 Å². The van der Waals surface area contributed by atoms with E-state index in [0.717, 1.165) is 16.7 Å². The monoisotopic (exact) mass is 378 g/mol. The van der Waals surface area contributed by atoms with Gasteiger partial charge in [-0.15, -0.1) is 0 Å². The Morgan fingerprint density at radius 1 is 1.00 bits per heavy atom. The number of rotatable bonds is 4.